The maximum absolute atomic E-state index is 3.67. The van der Waals surface area contributed by atoms with E-state index in [0.717, 1.165) is 12.5 Å². The Morgan fingerprint density at radius 3 is 2.10 bits per heavy atom. The molecule has 0 spiro atoms. The molecule has 2 heteroatoms. The number of nitrogens with zero attached hydrogens (tertiary/aromatic N) is 1. The van der Waals surface area contributed by atoms with Crippen molar-refractivity contribution >= 4 is 0 Å². The topological polar surface area (TPSA) is 15.3 Å². The molecular weight excluding hydrogens is 256 g/mol. The van der Waals surface area contributed by atoms with E-state index in [-0.39, 0.29) is 0 Å². The number of benzene rings is 1. The molecule has 0 bridgehead atoms. The Kier molecular flexibility index (Phi) is 7.41. The molecule has 0 heterocycles. The van der Waals surface area contributed by atoms with Gasteiger partial charge in [-0.25, -0.2) is 0 Å². The van der Waals surface area contributed by atoms with Crippen LogP contribution >= 0.6 is 0 Å². The van der Waals surface area contributed by atoms with Crippen molar-refractivity contribution in [2.45, 2.75) is 66.1 Å². The Labute approximate surface area is 131 Å². The van der Waals surface area contributed by atoms with Crippen LogP contribution in [0, 0.1) is 12.8 Å². The zero-order valence-corrected chi connectivity index (χ0v) is 15.0. The zero-order chi connectivity index (χ0) is 16.0. The van der Waals surface area contributed by atoms with E-state index in [4.69, 9.17) is 0 Å². The highest BCUT2D eigenvalue weighted by molar-refractivity contribution is 5.25. The molecule has 1 aromatic rings. The monoisotopic (exact) mass is 290 g/mol. The van der Waals surface area contributed by atoms with Gasteiger partial charge in [-0.2, -0.15) is 0 Å². The van der Waals surface area contributed by atoms with E-state index in [1.807, 2.05) is 0 Å². The van der Waals surface area contributed by atoms with Gasteiger partial charge >= 0.3 is 0 Å². The average Bonchev–Trinajstić information content (AvgIpc) is 2.43. The molecule has 1 aromatic carbocycles. The first-order valence-electron chi connectivity index (χ1n) is 8.38. The van der Waals surface area contributed by atoms with Gasteiger partial charge in [0.15, 0.2) is 0 Å². The predicted molar refractivity (Wildman–Crippen MR) is 93.7 cm³/mol. The Morgan fingerprint density at radius 2 is 1.62 bits per heavy atom. The van der Waals surface area contributed by atoms with Crippen molar-refractivity contribution in [3.8, 4) is 0 Å². The highest BCUT2D eigenvalue weighted by Gasteiger charge is 2.25. The minimum atomic E-state index is 0.384. The molecule has 0 aliphatic carbocycles. The van der Waals surface area contributed by atoms with Crippen LogP contribution in [0.25, 0.3) is 0 Å². The second-order valence-corrected chi connectivity index (χ2v) is 6.83. The molecule has 1 N–H and O–H groups in total. The molecule has 0 saturated heterocycles. The average molecular weight is 290 g/mol. The second kappa shape index (κ2) is 8.55. The number of nitrogens with one attached hydrogen (secondary N) is 1. The fourth-order valence-corrected chi connectivity index (χ4v) is 3.05. The van der Waals surface area contributed by atoms with Gasteiger partial charge in [0.25, 0.3) is 0 Å². The summed E-state index contributed by atoms with van der Waals surface area (Å²) in [5.74, 6) is 0.742. The van der Waals surface area contributed by atoms with E-state index in [2.05, 4.69) is 83.1 Å². The van der Waals surface area contributed by atoms with Gasteiger partial charge in [-0.1, -0.05) is 50.6 Å². The number of hydrogen-bond acceptors (Lipinski definition) is 2. The molecule has 0 saturated carbocycles. The van der Waals surface area contributed by atoms with Crippen LogP contribution in [-0.2, 0) is 0 Å². The van der Waals surface area contributed by atoms with Crippen LogP contribution in [0.5, 0.6) is 0 Å². The summed E-state index contributed by atoms with van der Waals surface area (Å²) in [6, 6.07) is 10.4. The molecule has 0 radical (unpaired) electrons. The van der Waals surface area contributed by atoms with Gasteiger partial charge in [-0.3, -0.25) is 4.90 Å². The summed E-state index contributed by atoms with van der Waals surface area (Å²) >= 11 is 0. The van der Waals surface area contributed by atoms with Gasteiger partial charge in [0, 0.05) is 18.1 Å². The molecule has 120 valence electrons. The van der Waals surface area contributed by atoms with Crippen LogP contribution in [0.1, 0.15) is 58.2 Å². The van der Waals surface area contributed by atoms with Crippen molar-refractivity contribution in [1.82, 2.24) is 10.2 Å². The third kappa shape index (κ3) is 5.44. The minimum absolute atomic E-state index is 0.384. The first-order chi connectivity index (χ1) is 9.86. The van der Waals surface area contributed by atoms with Crippen LogP contribution in [0.3, 0.4) is 0 Å². The highest BCUT2D eigenvalue weighted by Crippen LogP contribution is 2.23. The van der Waals surface area contributed by atoms with E-state index in [9.17, 15) is 0 Å². The molecule has 0 aliphatic heterocycles. The Balaban J connectivity index is 2.86. The molecule has 2 nitrogen and oxygen atoms in total. The van der Waals surface area contributed by atoms with Crippen LogP contribution in [0.15, 0.2) is 24.3 Å². The van der Waals surface area contributed by atoms with E-state index < -0.39 is 0 Å². The van der Waals surface area contributed by atoms with Crippen LogP contribution in [0.4, 0.5) is 0 Å². The van der Waals surface area contributed by atoms with E-state index >= 15 is 0 Å². The quantitative estimate of drug-likeness (QED) is 0.763. The lowest BCUT2D eigenvalue weighted by molar-refractivity contribution is 0.143. The molecule has 0 fully saturated rings. The first kappa shape index (κ1) is 18.2. The molecule has 0 amide bonds. The summed E-state index contributed by atoms with van der Waals surface area (Å²) in [5, 5.41) is 3.67. The summed E-state index contributed by atoms with van der Waals surface area (Å²) in [5.41, 5.74) is 2.71. The smallest absolute Gasteiger partial charge is 0.0475 e. The molecule has 3 unspecified atom stereocenters. The van der Waals surface area contributed by atoms with E-state index in [1.54, 1.807) is 0 Å². The minimum Gasteiger partial charge on any atom is -0.309 e. The maximum atomic E-state index is 3.67. The van der Waals surface area contributed by atoms with Crippen molar-refractivity contribution in [2.24, 2.45) is 5.92 Å². The highest BCUT2D eigenvalue weighted by atomic mass is 15.2. The maximum Gasteiger partial charge on any atom is 0.0475 e. The van der Waals surface area contributed by atoms with Gasteiger partial charge in [-0.05, 0) is 52.3 Å². The summed E-state index contributed by atoms with van der Waals surface area (Å²) < 4.78 is 0. The molecule has 0 aliphatic rings. The number of hydrogen-bond donors (Lipinski definition) is 1. The summed E-state index contributed by atoms with van der Waals surface area (Å²) in [6.07, 6.45) is 1.24. The van der Waals surface area contributed by atoms with Gasteiger partial charge in [0.1, 0.15) is 0 Å². The fourth-order valence-electron chi connectivity index (χ4n) is 3.05. The summed E-state index contributed by atoms with van der Waals surface area (Å²) in [4.78, 5) is 2.52. The number of rotatable bonds is 8. The van der Waals surface area contributed by atoms with Crippen molar-refractivity contribution in [2.75, 3.05) is 13.6 Å². The molecule has 21 heavy (non-hydrogen) atoms. The third-order valence-corrected chi connectivity index (χ3v) is 4.49. The second-order valence-electron chi connectivity index (χ2n) is 6.83. The normalized spacial score (nSPS) is 16.2. The van der Waals surface area contributed by atoms with Gasteiger partial charge < -0.3 is 5.32 Å². The Hall–Kier alpha value is -0.860. The lowest BCUT2D eigenvalue weighted by Crippen LogP contribution is -2.45. The lowest BCUT2D eigenvalue weighted by atomic mass is 9.96. The van der Waals surface area contributed by atoms with E-state index in [0.29, 0.717) is 18.1 Å². The van der Waals surface area contributed by atoms with Gasteiger partial charge in [-0.15, -0.1) is 0 Å². The lowest BCUT2D eigenvalue weighted by Gasteiger charge is -2.37. The Bertz CT molecular complexity index is 397. The van der Waals surface area contributed by atoms with Gasteiger partial charge in [0.05, 0.1) is 0 Å². The first-order valence-corrected chi connectivity index (χ1v) is 8.38. The van der Waals surface area contributed by atoms with Crippen molar-refractivity contribution in [3.63, 3.8) is 0 Å². The van der Waals surface area contributed by atoms with E-state index in [1.165, 1.54) is 17.5 Å². The Morgan fingerprint density at radius 1 is 1.05 bits per heavy atom. The standard InChI is InChI=1S/C19H34N2/c1-8-20-19(18-11-9-15(4)10-12-18)17(6)21(7)16(5)13-14(2)3/h9-12,14,16-17,19-20H,8,13H2,1-7H3. The molecular formula is C19H34N2. The summed E-state index contributed by atoms with van der Waals surface area (Å²) in [6.45, 7) is 14.6. The van der Waals surface area contributed by atoms with Crippen LogP contribution in [0.2, 0.25) is 0 Å². The number of likely N-dealkylation sites (N-methyl/N-ethyl adjacent to an activating group) is 2. The summed E-state index contributed by atoms with van der Waals surface area (Å²) in [7, 11) is 2.26. The SMILES string of the molecule is CCNC(c1ccc(C)cc1)C(C)N(C)C(C)CC(C)C. The number of aryl methyl sites for hydroxylation is 1. The largest absolute Gasteiger partial charge is 0.309 e. The predicted octanol–water partition coefficient (Wildman–Crippen LogP) is 4.40. The van der Waals surface area contributed by atoms with Crippen molar-refractivity contribution in [1.29, 1.82) is 0 Å². The molecule has 0 aromatic heterocycles. The zero-order valence-electron chi connectivity index (χ0n) is 15.0. The molecule has 3 atom stereocenters. The van der Waals surface area contributed by atoms with Crippen LogP contribution < -0.4 is 5.32 Å². The van der Waals surface area contributed by atoms with Gasteiger partial charge in [0.2, 0.25) is 0 Å². The van der Waals surface area contributed by atoms with Crippen LogP contribution in [-0.4, -0.2) is 30.6 Å². The van der Waals surface area contributed by atoms with Crippen molar-refractivity contribution in [3.05, 3.63) is 35.4 Å². The van der Waals surface area contributed by atoms with Crippen molar-refractivity contribution < 1.29 is 0 Å². The molecule has 1 rings (SSSR count). The third-order valence-electron chi connectivity index (χ3n) is 4.49. The fraction of sp³-hybridized carbons (Fsp3) is 0.684.